The summed E-state index contributed by atoms with van der Waals surface area (Å²) in [6.07, 6.45) is 1.65. The summed E-state index contributed by atoms with van der Waals surface area (Å²) in [6, 6.07) is 11.5. The molecule has 1 aromatic heterocycles. The van der Waals surface area contributed by atoms with Gasteiger partial charge in [0.15, 0.2) is 0 Å². The van der Waals surface area contributed by atoms with Crippen LogP contribution in [0.1, 0.15) is 5.69 Å². The molecule has 2 N–H and O–H groups in total. The first-order chi connectivity index (χ1) is 10.2. The third-order valence-corrected chi connectivity index (χ3v) is 4.03. The number of hydrogen-bond acceptors (Lipinski definition) is 5. The van der Waals surface area contributed by atoms with Crippen LogP contribution in [0.2, 0.25) is 0 Å². The van der Waals surface area contributed by atoms with Crippen LogP contribution in [-0.4, -0.2) is 34.1 Å². The van der Waals surface area contributed by atoms with E-state index in [0.717, 1.165) is 27.6 Å². The fourth-order valence-electron chi connectivity index (χ4n) is 2.12. The Hall–Kier alpha value is -2.18. The van der Waals surface area contributed by atoms with Crippen LogP contribution in [0.25, 0.3) is 17.0 Å². The van der Waals surface area contributed by atoms with Gasteiger partial charge in [-0.15, -0.1) is 0 Å². The number of para-hydroxylation sites is 1. The summed E-state index contributed by atoms with van der Waals surface area (Å²) < 4.78 is 0. The monoisotopic (exact) mass is 299 g/mol. The molecule has 1 saturated heterocycles. The number of rotatable bonds is 3. The molecule has 2 amide bonds. The van der Waals surface area contributed by atoms with Crippen LogP contribution in [-0.2, 0) is 4.79 Å². The van der Waals surface area contributed by atoms with Crippen LogP contribution >= 0.6 is 11.8 Å². The maximum atomic E-state index is 12.1. The van der Waals surface area contributed by atoms with E-state index >= 15 is 0 Å². The van der Waals surface area contributed by atoms with Crippen molar-refractivity contribution in [2.75, 3.05) is 13.1 Å². The molecule has 1 aromatic carbocycles. The number of imide groups is 1. The summed E-state index contributed by atoms with van der Waals surface area (Å²) in [6.45, 7) is 0.507. The Balaban J connectivity index is 1.93. The first-order valence-electron chi connectivity index (χ1n) is 6.50. The predicted molar refractivity (Wildman–Crippen MR) is 83.5 cm³/mol. The highest BCUT2D eigenvalue weighted by atomic mass is 32.2. The number of amides is 2. The first kappa shape index (κ1) is 13.8. The Morgan fingerprint density at radius 1 is 1.19 bits per heavy atom. The number of nitrogens with two attached hydrogens (primary N) is 1. The number of carbonyl (C=O) groups excluding carboxylic acids is 2. The van der Waals surface area contributed by atoms with E-state index in [9.17, 15) is 9.59 Å². The van der Waals surface area contributed by atoms with Gasteiger partial charge in [0.25, 0.3) is 11.1 Å². The van der Waals surface area contributed by atoms with Gasteiger partial charge in [0.05, 0.1) is 16.1 Å². The molecule has 1 fully saturated rings. The van der Waals surface area contributed by atoms with E-state index in [1.54, 1.807) is 6.08 Å². The summed E-state index contributed by atoms with van der Waals surface area (Å²) in [5, 5.41) is 0.753. The molecule has 106 valence electrons. The molecule has 0 unspecified atom stereocenters. The van der Waals surface area contributed by atoms with Crippen LogP contribution in [0.5, 0.6) is 0 Å². The zero-order chi connectivity index (χ0) is 14.8. The topological polar surface area (TPSA) is 76.3 Å². The van der Waals surface area contributed by atoms with E-state index in [0.29, 0.717) is 10.6 Å². The van der Waals surface area contributed by atoms with Crippen LogP contribution in [0, 0.1) is 0 Å². The van der Waals surface area contributed by atoms with Crippen molar-refractivity contribution in [3.8, 4) is 0 Å². The summed E-state index contributed by atoms with van der Waals surface area (Å²) >= 11 is 0.925. The molecule has 3 rings (SSSR count). The lowest BCUT2D eigenvalue weighted by Gasteiger charge is -2.09. The van der Waals surface area contributed by atoms with Gasteiger partial charge < -0.3 is 5.73 Å². The molecule has 21 heavy (non-hydrogen) atoms. The summed E-state index contributed by atoms with van der Waals surface area (Å²) in [5.74, 6) is -0.301. The number of aromatic nitrogens is 1. The van der Waals surface area contributed by atoms with Gasteiger partial charge >= 0.3 is 0 Å². The highest BCUT2D eigenvalue weighted by Gasteiger charge is 2.34. The van der Waals surface area contributed by atoms with E-state index in [4.69, 9.17) is 5.73 Å². The van der Waals surface area contributed by atoms with E-state index in [1.165, 1.54) is 0 Å². The van der Waals surface area contributed by atoms with Crippen molar-refractivity contribution in [2.45, 2.75) is 0 Å². The predicted octanol–water partition coefficient (Wildman–Crippen LogP) is 2.23. The number of fused-ring (bicyclic) bond motifs is 1. The normalized spacial score (nSPS) is 17.2. The van der Waals surface area contributed by atoms with Gasteiger partial charge in [-0.1, -0.05) is 24.3 Å². The van der Waals surface area contributed by atoms with Crippen LogP contribution in [0.4, 0.5) is 4.79 Å². The molecule has 0 aliphatic carbocycles. The average Bonchev–Trinajstić information content (AvgIpc) is 2.75. The minimum Gasteiger partial charge on any atom is -0.329 e. The maximum absolute atomic E-state index is 12.1. The van der Waals surface area contributed by atoms with Gasteiger partial charge in [-0.3, -0.25) is 14.5 Å². The average molecular weight is 299 g/mol. The van der Waals surface area contributed by atoms with Gasteiger partial charge in [-0.05, 0) is 30.0 Å². The van der Waals surface area contributed by atoms with Crippen molar-refractivity contribution >= 4 is 39.9 Å². The van der Waals surface area contributed by atoms with Crippen molar-refractivity contribution in [1.82, 2.24) is 9.88 Å². The number of pyridine rings is 1. The Morgan fingerprint density at radius 2 is 2.00 bits per heavy atom. The lowest BCUT2D eigenvalue weighted by molar-refractivity contribution is -0.122. The Bertz CT molecular complexity index is 757. The van der Waals surface area contributed by atoms with Crippen molar-refractivity contribution < 1.29 is 9.59 Å². The standard InChI is InChI=1S/C15H13N3O2S/c16-7-8-18-14(19)13(21-15(18)20)9-11-6-5-10-3-1-2-4-12(10)17-11/h1-6,9H,7-8,16H2. The van der Waals surface area contributed by atoms with Gasteiger partial charge in [0.2, 0.25) is 0 Å². The molecule has 0 bridgehead atoms. The Morgan fingerprint density at radius 3 is 2.81 bits per heavy atom. The van der Waals surface area contributed by atoms with Crippen LogP contribution in [0.3, 0.4) is 0 Å². The number of benzene rings is 1. The van der Waals surface area contributed by atoms with E-state index in [-0.39, 0.29) is 24.2 Å². The second-order valence-corrected chi connectivity index (χ2v) is 5.54. The molecule has 1 aliphatic heterocycles. The molecule has 2 aromatic rings. The minimum absolute atomic E-state index is 0.243. The van der Waals surface area contributed by atoms with E-state index in [1.807, 2.05) is 36.4 Å². The number of thioether (sulfide) groups is 1. The lowest BCUT2D eigenvalue weighted by atomic mass is 10.2. The van der Waals surface area contributed by atoms with E-state index < -0.39 is 0 Å². The molecule has 0 radical (unpaired) electrons. The van der Waals surface area contributed by atoms with Crippen LogP contribution < -0.4 is 5.73 Å². The summed E-state index contributed by atoms with van der Waals surface area (Å²) in [5.41, 5.74) is 6.92. The van der Waals surface area contributed by atoms with Crippen molar-refractivity contribution in [2.24, 2.45) is 5.73 Å². The van der Waals surface area contributed by atoms with Crippen molar-refractivity contribution in [3.63, 3.8) is 0 Å². The third-order valence-electron chi connectivity index (χ3n) is 3.13. The largest absolute Gasteiger partial charge is 0.329 e. The van der Waals surface area contributed by atoms with Gasteiger partial charge in [0, 0.05) is 18.5 Å². The van der Waals surface area contributed by atoms with Gasteiger partial charge in [-0.25, -0.2) is 4.98 Å². The molecule has 0 atom stereocenters. The zero-order valence-corrected chi connectivity index (χ0v) is 12.0. The number of carbonyl (C=O) groups is 2. The molecular formula is C15H13N3O2S. The third kappa shape index (κ3) is 2.68. The van der Waals surface area contributed by atoms with E-state index in [2.05, 4.69) is 4.98 Å². The SMILES string of the molecule is NCCN1C(=O)SC(=Cc2ccc3ccccc3n2)C1=O. The first-order valence-corrected chi connectivity index (χ1v) is 7.32. The molecule has 2 heterocycles. The molecule has 0 spiro atoms. The second kappa shape index (κ2) is 5.67. The smallest absolute Gasteiger partial charge is 0.293 e. The van der Waals surface area contributed by atoms with Crippen molar-refractivity contribution in [1.29, 1.82) is 0 Å². The fraction of sp³-hybridized carbons (Fsp3) is 0.133. The quantitative estimate of drug-likeness (QED) is 0.880. The van der Waals surface area contributed by atoms with Crippen molar-refractivity contribution in [3.05, 3.63) is 47.0 Å². The second-order valence-electron chi connectivity index (χ2n) is 4.55. The van der Waals surface area contributed by atoms with Gasteiger partial charge in [-0.2, -0.15) is 0 Å². The fourth-order valence-corrected chi connectivity index (χ4v) is 2.97. The number of hydrogen-bond donors (Lipinski definition) is 1. The maximum Gasteiger partial charge on any atom is 0.293 e. The molecule has 5 nitrogen and oxygen atoms in total. The number of nitrogens with zero attached hydrogens (tertiary/aromatic N) is 2. The Labute approximate surface area is 125 Å². The summed E-state index contributed by atoms with van der Waals surface area (Å²) in [4.78, 5) is 29.9. The minimum atomic E-state index is -0.301. The Kier molecular flexibility index (Phi) is 3.72. The highest BCUT2D eigenvalue weighted by Crippen LogP contribution is 2.31. The molecule has 6 heteroatoms. The lowest BCUT2D eigenvalue weighted by Crippen LogP contribution is -2.33. The van der Waals surface area contributed by atoms with Crippen LogP contribution in [0.15, 0.2) is 41.3 Å². The molecular weight excluding hydrogens is 286 g/mol. The highest BCUT2D eigenvalue weighted by molar-refractivity contribution is 8.18. The molecule has 0 saturated carbocycles. The van der Waals surface area contributed by atoms with Gasteiger partial charge in [0.1, 0.15) is 0 Å². The zero-order valence-electron chi connectivity index (χ0n) is 11.2. The summed E-state index contributed by atoms with van der Waals surface area (Å²) in [7, 11) is 0. The molecule has 1 aliphatic rings.